The van der Waals surface area contributed by atoms with Crippen LogP contribution < -0.4 is 0 Å². The molecule has 0 spiro atoms. The van der Waals surface area contributed by atoms with E-state index in [1.807, 2.05) is 4.90 Å². The Balaban J connectivity index is 1.71. The Kier molecular flexibility index (Phi) is 6.48. The number of halogens is 1. The van der Waals surface area contributed by atoms with Gasteiger partial charge in [-0.15, -0.1) is 11.8 Å². The average molecular weight is 313 g/mol. The number of benzene rings is 1. The SMILES string of the molecule is O=C(CSc1ccc(F)cc1)N1CCC(OCCO)CC1. The molecule has 0 aliphatic carbocycles. The van der Waals surface area contributed by atoms with Gasteiger partial charge in [-0.05, 0) is 37.1 Å². The van der Waals surface area contributed by atoms with Crippen LogP contribution in [-0.2, 0) is 9.53 Å². The Labute approximate surface area is 128 Å². The van der Waals surface area contributed by atoms with Crippen molar-refractivity contribution in [2.24, 2.45) is 0 Å². The summed E-state index contributed by atoms with van der Waals surface area (Å²) in [6, 6.07) is 6.16. The van der Waals surface area contributed by atoms with Crippen molar-refractivity contribution in [2.75, 3.05) is 32.1 Å². The van der Waals surface area contributed by atoms with E-state index < -0.39 is 0 Å². The summed E-state index contributed by atoms with van der Waals surface area (Å²) in [5.41, 5.74) is 0. The summed E-state index contributed by atoms with van der Waals surface area (Å²) in [6.45, 7) is 1.78. The minimum Gasteiger partial charge on any atom is -0.394 e. The van der Waals surface area contributed by atoms with E-state index in [2.05, 4.69) is 0 Å². The van der Waals surface area contributed by atoms with E-state index >= 15 is 0 Å². The molecule has 1 amide bonds. The number of rotatable bonds is 6. The highest BCUT2D eigenvalue weighted by atomic mass is 32.2. The standard InChI is InChI=1S/C15H20FNO3S/c16-12-1-3-14(4-2-12)21-11-15(19)17-7-5-13(6-8-17)20-10-9-18/h1-4,13,18H,5-11H2. The van der Waals surface area contributed by atoms with Crippen molar-refractivity contribution in [2.45, 2.75) is 23.8 Å². The topological polar surface area (TPSA) is 49.8 Å². The van der Waals surface area contributed by atoms with Gasteiger partial charge in [0.25, 0.3) is 0 Å². The summed E-state index contributed by atoms with van der Waals surface area (Å²) in [5.74, 6) is 0.203. The molecule has 0 radical (unpaired) electrons. The second-order valence-electron chi connectivity index (χ2n) is 4.92. The Morgan fingerprint density at radius 2 is 2.00 bits per heavy atom. The Morgan fingerprint density at radius 3 is 2.62 bits per heavy atom. The van der Waals surface area contributed by atoms with Crippen LogP contribution in [0.1, 0.15) is 12.8 Å². The number of amides is 1. The Bertz CT molecular complexity index is 447. The third-order valence-corrected chi connectivity index (χ3v) is 4.41. The molecule has 0 atom stereocenters. The van der Waals surface area contributed by atoms with Gasteiger partial charge in [0, 0.05) is 18.0 Å². The van der Waals surface area contributed by atoms with Gasteiger partial charge in [-0.3, -0.25) is 4.79 Å². The summed E-state index contributed by atoms with van der Waals surface area (Å²) in [6.07, 6.45) is 1.77. The maximum absolute atomic E-state index is 12.8. The third kappa shape index (κ3) is 5.30. The lowest BCUT2D eigenvalue weighted by Crippen LogP contribution is -2.41. The zero-order valence-electron chi connectivity index (χ0n) is 11.8. The van der Waals surface area contributed by atoms with Crippen LogP contribution in [0.5, 0.6) is 0 Å². The fourth-order valence-electron chi connectivity index (χ4n) is 2.26. The molecule has 0 saturated carbocycles. The highest BCUT2D eigenvalue weighted by molar-refractivity contribution is 8.00. The van der Waals surface area contributed by atoms with Gasteiger partial charge >= 0.3 is 0 Å². The lowest BCUT2D eigenvalue weighted by Gasteiger charge is -2.31. The second-order valence-corrected chi connectivity index (χ2v) is 5.97. The zero-order valence-corrected chi connectivity index (χ0v) is 12.7. The summed E-state index contributed by atoms with van der Waals surface area (Å²) < 4.78 is 18.3. The summed E-state index contributed by atoms with van der Waals surface area (Å²) >= 11 is 1.42. The molecule has 1 N–H and O–H groups in total. The monoisotopic (exact) mass is 313 g/mol. The Hall–Kier alpha value is -1.11. The van der Waals surface area contributed by atoms with Crippen molar-refractivity contribution in [1.29, 1.82) is 0 Å². The number of ether oxygens (including phenoxy) is 1. The van der Waals surface area contributed by atoms with Crippen LogP contribution in [0.25, 0.3) is 0 Å². The molecule has 1 fully saturated rings. The summed E-state index contributed by atoms with van der Waals surface area (Å²) in [5, 5.41) is 8.72. The van der Waals surface area contributed by atoms with Gasteiger partial charge in [-0.2, -0.15) is 0 Å². The van der Waals surface area contributed by atoms with Gasteiger partial charge < -0.3 is 14.7 Å². The number of thioether (sulfide) groups is 1. The van der Waals surface area contributed by atoms with Gasteiger partial charge in [0.2, 0.25) is 5.91 Å². The maximum Gasteiger partial charge on any atom is 0.232 e. The number of piperidine rings is 1. The number of hydrogen-bond donors (Lipinski definition) is 1. The molecule has 1 aromatic carbocycles. The van der Waals surface area contributed by atoms with E-state index in [1.54, 1.807) is 12.1 Å². The molecule has 0 bridgehead atoms. The predicted molar refractivity (Wildman–Crippen MR) is 79.8 cm³/mol. The van der Waals surface area contributed by atoms with E-state index in [4.69, 9.17) is 9.84 Å². The number of carbonyl (C=O) groups excluding carboxylic acids is 1. The molecule has 1 aliphatic heterocycles. The third-order valence-electron chi connectivity index (χ3n) is 3.42. The van der Waals surface area contributed by atoms with Crippen LogP contribution in [0, 0.1) is 5.82 Å². The van der Waals surface area contributed by atoms with Crippen molar-refractivity contribution in [3.8, 4) is 0 Å². The van der Waals surface area contributed by atoms with Crippen LogP contribution in [0.4, 0.5) is 4.39 Å². The molecule has 116 valence electrons. The maximum atomic E-state index is 12.8. The zero-order chi connectivity index (χ0) is 15.1. The summed E-state index contributed by atoms with van der Waals surface area (Å²) in [7, 11) is 0. The van der Waals surface area contributed by atoms with E-state index in [0.29, 0.717) is 25.4 Å². The normalized spacial score (nSPS) is 16.2. The predicted octanol–water partition coefficient (Wildman–Crippen LogP) is 1.92. The minimum atomic E-state index is -0.268. The molecule has 1 aromatic rings. The number of nitrogens with zero attached hydrogens (tertiary/aromatic N) is 1. The Morgan fingerprint density at radius 1 is 1.33 bits per heavy atom. The largest absolute Gasteiger partial charge is 0.394 e. The highest BCUT2D eigenvalue weighted by Crippen LogP contribution is 2.20. The van der Waals surface area contributed by atoms with E-state index in [-0.39, 0.29) is 24.4 Å². The van der Waals surface area contributed by atoms with Crippen molar-refractivity contribution in [3.63, 3.8) is 0 Å². The van der Waals surface area contributed by atoms with Gasteiger partial charge in [0.05, 0.1) is 25.1 Å². The first-order chi connectivity index (χ1) is 10.2. The number of likely N-dealkylation sites (tertiary alicyclic amines) is 1. The van der Waals surface area contributed by atoms with Crippen LogP contribution in [-0.4, -0.2) is 54.1 Å². The lowest BCUT2D eigenvalue weighted by molar-refractivity contribution is -0.131. The number of hydrogen-bond acceptors (Lipinski definition) is 4. The molecule has 1 saturated heterocycles. The van der Waals surface area contributed by atoms with Crippen molar-refractivity contribution in [1.82, 2.24) is 4.90 Å². The fourth-order valence-corrected chi connectivity index (χ4v) is 3.06. The first-order valence-electron chi connectivity index (χ1n) is 7.07. The first kappa shape index (κ1) is 16.3. The van der Waals surface area contributed by atoms with Crippen LogP contribution in [0.15, 0.2) is 29.2 Å². The molecule has 1 heterocycles. The number of aliphatic hydroxyl groups excluding tert-OH is 1. The van der Waals surface area contributed by atoms with Gasteiger partial charge in [0.1, 0.15) is 5.82 Å². The summed E-state index contributed by atoms with van der Waals surface area (Å²) in [4.78, 5) is 14.8. The van der Waals surface area contributed by atoms with Crippen LogP contribution in [0.2, 0.25) is 0 Å². The van der Waals surface area contributed by atoms with E-state index in [0.717, 1.165) is 17.7 Å². The minimum absolute atomic E-state index is 0.0352. The number of aliphatic hydroxyl groups is 1. The van der Waals surface area contributed by atoms with Gasteiger partial charge in [0.15, 0.2) is 0 Å². The van der Waals surface area contributed by atoms with Gasteiger partial charge in [-0.25, -0.2) is 4.39 Å². The van der Waals surface area contributed by atoms with E-state index in [1.165, 1.54) is 23.9 Å². The quantitative estimate of drug-likeness (QED) is 0.815. The second kappa shape index (κ2) is 8.36. The molecule has 6 heteroatoms. The molecule has 4 nitrogen and oxygen atoms in total. The average Bonchev–Trinajstić information content (AvgIpc) is 2.52. The van der Waals surface area contributed by atoms with Crippen molar-refractivity contribution < 1.29 is 19.0 Å². The smallest absolute Gasteiger partial charge is 0.232 e. The van der Waals surface area contributed by atoms with Gasteiger partial charge in [-0.1, -0.05) is 0 Å². The van der Waals surface area contributed by atoms with E-state index in [9.17, 15) is 9.18 Å². The molecule has 1 aliphatic rings. The van der Waals surface area contributed by atoms with Crippen LogP contribution >= 0.6 is 11.8 Å². The molecular formula is C15H20FNO3S. The molecule has 2 rings (SSSR count). The number of carbonyl (C=O) groups is 1. The van der Waals surface area contributed by atoms with Crippen LogP contribution in [0.3, 0.4) is 0 Å². The first-order valence-corrected chi connectivity index (χ1v) is 8.06. The van der Waals surface area contributed by atoms with Crippen molar-refractivity contribution >= 4 is 17.7 Å². The molecule has 21 heavy (non-hydrogen) atoms. The molecule has 0 unspecified atom stereocenters. The van der Waals surface area contributed by atoms with Crippen molar-refractivity contribution in [3.05, 3.63) is 30.1 Å². The lowest BCUT2D eigenvalue weighted by atomic mass is 10.1. The highest BCUT2D eigenvalue weighted by Gasteiger charge is 2.22. The molecular weight excluding hydrogens is 293 g/mol. The fraction of sp³-hybridized carbons (Fsp3) is 0.533. The molecule has 0 aromatic heterocycles.